The van der Waals surface area contributed by atoms with E-state index in [-0.39, 0.29) is 17.2 Å². The summed E-state index contributed by atoms with van der Waals surface area (Å²) < 4.78 is 0. The number of carbonyl (C=O) groups is 2. The van der Waals surface area contributed by atoms with Crippen LogP contribution in [0, 0.1) is 6.92 Å². The van der Waals surface area contributed by atoms with Crippen molar-refractivity contribution >= 4 is 23.6 Å². The maximum absolute atomic E-state index is 12.1. The van der Waals surface area contributed by atoms with Gasteiger partial charge in [-0.3, -0.25) is 4.79 Å². The topological polar surface area (TPSA) is 66.4 Å². The van der Waals surface area contributed by atoms with Gasteiger partial charge in [-0.2, -0.15) is 0 Å². The Balaban J connectivity index is 1.74. The summed E-state index contributed by atoms with van der Waals surface area (Å²) in [6.07, 6.45) is 3.11. The highest BCUT2D eigenvalue weighted by Crippen LogP contribution is 2.24. The Kier molecular flexibility index (Phi) is 5.47. The number of aryl methyl sites for hydroxylation is 1. The van der Waals surface area contributed by atoms with Gasteiger partial charge in [0.25, 0.3) is 0 Å². The Hall–Kier alpha value is -3.66. The van der Waals surface area contributed by atoms with Crippen molar-refractivity contribution in [1.29, 1.82) is 0 Å². The van der Waals surface area contributed by atoms with E-state index in [2.05, 4.69) is 17.4 Å². The first-order valence-corrected chi connectivity index (χ1v) is 8.52. The molecule has 0 spiro atoms. The number of rotatable bonds is 5. The number of carboxylic acid groups (broad SMARTS) is 1. The summed E-state index contributed by atoms with van der Waals surface area (Å²) in [7, 11) is 0. The fraction of sp³-hybridized carbons (Fsp3) is 0.0435. The lowest BCUT2D eigenvalue weighted by Crippen LogP contribution is -2.11. The van der Waals surface area contributed by atoms with Gasteiger partial charge in [-0.1, -0.05) is 60.7 Å². The van der Waals surface area contributed by atoms with E-state index in [0.29, 0.717) is 0 Å². The number of amides is 1. The molecular weight excluding hydrogens is 338 g/mol. The summed E-state index contributed by atoms with van der Waals surface area (Å²) in [5, 5.41) is 11.8. The molecule has 0 fully saturated rings. The molecule has 0 bridgehead atoms. The minimum absolute atomic E-state index is 0.0577. The van der Waals surface area contributed by atoms with Crippen LogP contribution in [0.15, 0.2) is 78.9 Å². The Bertz CT molecular complexity index is 1010. The lowest BCUT2D eigenvalue weighted by atomic mass is 9.98. The summed E-state index contributed by atoms with van der Waals surface area (Å²) >= 11 is 0. The van der Waals surface area contributed by atoms with Crippen molar-refractivity contribution in [3.63, 3.8) is 0 Å². The Morgan fingerprint density at radius 1 is 0.926 bits per heavy atom. The van der Waals surface area contributed by atoms with E-state index in [1.807, 2.05) is 43.3 Å². The van der Waals surface area contributed by atoms with E-state index in [1.54, 1.807) is 24.3 Å². The van der Waals surface area contributed by atoms with Crippen LogP contribution in [-0.4, -0.2) is 17.0 Å². The summed E-state index contributed by atoms with van der Waals surface area (Å²) in [6.45, 7) is 2.03. The number of hydrogen-bond donors (Lipinski definition) is 2. The smallest absolute Gasteiger partial charge is 0.337 e. The van der Waals surface area contributed by atoms with Gasteiger partial charge >= 0.3 is 5.97 Å². The number of carbonyl (C=O) groups excluding carboxylic acids is 1. The van der Waals surface area contributed by atoms with E-state index >= 15 is 0 Å². The molecule has 0 heterocycles. The highest BCUT2D eigenvalue weighted by molar-refractivity contribution is 6.06. The zero-order chi connectivity index (χ0) is 19.2. The molecule has 0 aromatic heterocycles. The van der Waals surface area contributed by atoms with Gasteiger partial charge in [0.1, 0.15) is 0 Å². The molecule has 0 aliphatic carbocycles. The van der Waals surface area contributed by atoms with E-state index in [9.17, 15) is 9.59 Å². The predicted octanol–water partition coefficient (Wildman–Crippen LogP) is 5.01. The van der Waals surface area contributed by atoms with Gasteiger partial charge in [0.2, 0.25) is 5.91 Å². The van der Waals surface area contributed by atoms with Crippen molar-refractivity contribution < 1.29 is 14.7 Å². The van der Waals surface area contributed by atoms with Crippen molar-refractivity contribution in [2.75, 3.05) is 5.32 Å². The second-order valence-electron chi connectivity index (χ2n) is 6.11. The molecule has 0 radical (unpaired) electrons. The van der Waals surface area contributed by atoms with Crippen molar-refractivity contribution in [1.82, 2.24) is 0 Å². The summed E-state index contributed by atoms with van der Waals surface area (Å²) in [6, 6.07) is 22.4. The first kappa shape index (κ1) is 18.1. The van der Waals surface area contributed by atoms with Crippen LogP contribution in [0.1, 0.15) is 21.5 Å². The third-order valence-corrected chi connectivity index (χ3v) is 4.18. The van der Waals surface area contributed by atoms with Gasteiger partial charge in [-0.05, 0) is 47.4 Å². The molecule has 0 aliphatic heterocycles. The molecule has 0 saturated carbocycles. The lowest BCUT2D eigenvalue weighted by molar-refractivity contribution is -0.111. The maximum Gasteiger partial charge on any atom is 0.337 e. The third-order valence-electron chi connectivity index (χ3n) is 4.18. The number of carboxylic acids is 1. The van der Waals surface area contributed by atoms with Gasteiger partial charge in [-0.15, -0.1) is 0 Å². The highest BCUT2D eigenvalue weighted by atomic mass is 16.4. The number of benzene rings is 3. The molecule has 4 nitrogen and oxygen atoms in total. The standard InChI is InChI=1S/C23H19NO3/c1-16-15-17(11-13-19(16)18-7-3-2-4-8-18)12-14-22(25)24-21-10-6-5-9-20(21)23(26)27/h2-15H,1H3,(H,24,25)(H,26,27)/b14-12+. The second kappa shape index (κ2) is 8.15. The number of anilines is 1. The largest absolute Gasteiger partial charge is 0.478 e. The number of hydrogen-bond acceptors (Lipinski definition) is 2. The van der Waals surface area contributed by atoms with Gasteiger partial charge in [0, 0.05) is 6.08 Å². The van der Waals surface area contributed by atoms with Crippen molar-refractivity contribution in [3.8, 4) is 11.1 Å². The van der Waals surface area contributed by atoms with E-state index in [0.717, 1.165) is 22.3 Å². The van der Waals surface area contributed by atoms with Gasteiger partial charge in [-0.25, -0.2) is 4.79 Å². The monoisotopic (exact) mass is 357 g/mol. The lowest BCUT2D eigenvalue weighted by Gasteiger charge is -2.07. The number of nitrogens with one attached hydrogen (secondary N) is 1. The molecule has 4 heteroatoms. The van der Waals surface area contributed by atoms with Crippen LogP contribution in [-0.2, 0) is 4.79 Å². The summed E-state index contributed by atoms with van der Waals surface area (Å²) in [5.41, 5.74) is 4.63. The van der Waals surface area contributed by atoms with Crippen molar-refractivity contribution in [2.24, 2.45) is 0 Å². The molecular formula is C23H19NO3. The zero-order valence-corrected chi connectivity index (χ0v) is 14.8. The summed E-state index contributed by atoms with van der Waals surface area (Å²) in [5.74, 6) is -1.46. The molecule has 134 valence electrons. The van der Waals surface area contributed by atoms with Crippen LogP contribution in [0.5, 0.6) is 0 Å². The SMILES string of the molecule is Cc1cc(/C=C/C(=O)Nc2ccccc2C(=O)O)ccc1-c1ccccc1. The molecule has 3 rings (SSSR count). The normalized spacial score (nSPS) is 10.7. The minimum Gasteiger partial charge on any atom is -0.478 e. The minimum atomic E-state index is -1.08. The number of para-hydroxylation sites is 1. The average molecular weight is 357 g/mol. The first-order chi connectivity index (χ1) is 13.0. The van der Waals surface area contributed by atoms with Crippen LogP contribution in [0.2, 0.25) is 0 Å². The van der Waals surface area contributed by atoms with Gasteiger partial charge < -0.3 is 10.4 Å². The molecule has 3 aromatic carbocycles. The van der Waals surface area contributed by atoms with Crippen LogP contribution >= 0.6 is 0 Å². The van der Waals surface area contributed by atoms with Gasteiger partial charge in [0.05, 0.1) is 11.3 Å². The fourth-order valence-corrected chi connectivity index (χ4v) is 2.86. The van der Waals surface area contributed by atoms with Crippen LogP contribution in [0.25, 0.3) is 17.2 Å². The molecule has 0 atom stereocenters. The summed E-state index contributed by atoms with van der Waals surface area (Å²) in [4.78, 5) is 23.3. The van der Waals surface area contributed by atoms with Crippen LogP contribution < -0.4 is 5.32 Å². The van der Waals surface area contributed by atoms with E-state index in [4.69, 9.17) is 5.11 Å². The Labute approximate surface area is 157 Å². The second-order valence-corrected chi connectivity index (χ2v) is 6.11. The quantitative estimate of drug-likeness (QED) is 0.631. The van der Waals surface area contributed by atoms with Crippen LogP contribution in [0.3, 0.4) is 0 Å². The van der Waals surface area contributed by atoms with Gasteiger partial charge in [0.15, 0.2) is 0 Å². The molecule has 27 heavy (non-hydrogen) atoms. The first-order valence-electron chi connectivity index (χ1n) is 8.52. The third kappa shape index (κ3) is 4.50. The maximum atomic E-state index is 12.1. The zero-order valence-electron chi connectivity index (χ0n) is 14.8. The molecule has 0 aliphatic rings. The molecule has 0 unspecified atom stereocenters. The van der Waals surface area contributed by atoms with E-state index < -0.39 is 5.97 Å². The highest BCUT2D eigenvalue weighted by Gasteiger charge is 2.10. The predicted molar refractivity (Wildman–Crippen MR) is 108 cm³/mol. The molecule has 2 N–H and O–H groups in total. The molecule has 3 aromatic rings. The molecule has 1 amide bonds. The fourth-order valence-electron chi connectivity index (χ4n) is 2.86. The molecule has 0 saturated heterocycles. The van der Waals surface area contributed by atoms with Crippen molar-refractivity contribution in [2.45, 2.75) is 6.92 Å². The Morgan fingerprint density at radius 2 is 1.63 bits per heavy atom. The number of aromatic carboxylic acids is 1. The van der Waals surface area contributed by atoms with Crippen molar-refractivity contribution in [3.05, 3.63) is 95.6 Å². The van der Waals surface area contributed by atoms with Crippen LogP contribution in [0.4, 0.5) is 5.69 Å². The average Bonchev–Trinajstić information content (AvgIpc) is 2.67. The Morgan fingerprint density at radius 3 is 2.33 bits per heavy atom. The van der Waals surface area contributed by atoms with E-state index in [1.165, 1.54) is 12.1 Å².